The number of carbonyl (C=O) groups excluding carboxylic acids is 1. The van der Waals surface area contributed by atoms with Gasteiger partial charge in [-0.15, -0.1) is 0 Å². The lowest BCUT2D eigenvalue weighted by Crippen LogP contribution is -2.46. The molecule has 3 aliphatic rings. The van der Waals surface area contributed by atoms with Crippen molar-refractivity contribution in [3.8, 4) is 0 Å². The SMILES string of the molecule is C=C(C)[C@]12CCN(S(=O)(=O)c3ccc(C)cc3)C[C@]3(CCCC[C@H]3C1=O)C2. The molecule has 146 valence electrons. The van der Waals surface area contributed by atoms with Gasteiger partial charge < -0.3 is 0 Å². The first-order chi connectivity index (χ1) is 12.7. The van der Waals surface area contributed by atoms with Crippen LogP contribution in [0.25, 0.3) is 0 Å². The van der Waals surface area contributed by atoms with Gasteiger partial charge in [-0.3, -0.25) is 4.79 Å². The Bertz CT molecular complexity index is 889. The number of benzene rings is 1. The van der Waals surface area contributed by atoms with Crippen molar-refractivity contribution in [1.82, 2.24) is 4.31 Å². The molecular formula is C22H29NO3S. The lowest BCUT2D eigenvalue weighted by atomic mass is 9.68. The molecule has 0 amide bonds. The van der Waals surface area contributed by atoms with Crippen molar-refractivity contribution < 1.29 is 13.2 Å². The van der Waals surface area contributed by atoms with Crippen molar-refractivity contribution >= 4 is 15.8 Å². The minimum Gasteiger partial charge on any atom is -0.298 e. The summed E-state index contributed by atoms with van der Waals surface area (Å²) in [5.74, 6) is 0.320. The van der Waals surface area contributed by atoms with Crippen LogP contribution < -0.4 is 0 Å². The number of ketones is 1. The summed E-state index contributed by atoms with van der Waals surface area (Å²) in [5, 5.41) is 0. The van der Waals surface area contributed by atoms with E-state index in [1.807, 2.05) is 26.0 Å². The summed E-state index contributed by atoms with van der Waals surface area (Å²) in [7, 11) is -3.56. The van der Waals surface area contributed by atoms with Gasteiger partial charge in [0.15, 0.2) is 0 Å². The quantitative estimate of drug-likeness (QED) is 0.734. The number of carbonyl (C=O) groups is 1. The Hall–Kier alpha value is -1.46. The van der Waals surface area contributed by atoms with Crippen LogP contribution in [0.2, 0.25) is 0 Å². The average Bonchev–Trinajstić information content (AvgIpc) is 2.76. The second-order valence-electron chi connectivity index (χ2n) is 8.97. The number of Topliss-reactive ketones (excluding diaryl/α,β-unsaturated/α-hetero) is 1. The summed E-state index contributed by atoms with van der Waals surface area (Å²) in [6, 6.07) is 7.09. The van der Waals surface area contributed by atoms with Crippen LogP contribution in [0, 0.1) is 23.7 Å². The molecule has 1 spiro atoms. The van der Waals surface area contributed by atoms with Crippen LogP contribution >= 0.6 is 0 Å². The van der Waals surface area contributed by atoms with Gasteiger partial charge in [-0.05, 0) is 57.1 Å². The molecule has 4 nitrogen and oxygen atoms in total. The van der Waals surface area contributed by atoms with E-state index in [0.717, 1.165) is 43.2 Å². The molecular weight excluding hydrogens is 358 g/mol. The molecule has 2 bridgehead atoms. The topological polar surface area (TPSA) is 54.5 Å². The van der Waals surface area contributed by atoms with Gasteiger partial charge in [-0.2, -0.15) is 4.31 Å². The van der Waals surface area contributed by atoms with Gasteiger partial charge in [-0.1, -0.05) is 42.7 Å². The second kappa shape index (κ2) is 6.28. The van der Waals surface area contributed by atoms with E-state index in [-0.39, 0.29) is 11.3 Å². The Morgan fingerprint density at radius 1 is 1.19 bits per heavy atom. The number of hydrogen-bond acceptors (Lipinski definition) is 3. The molecule has 3 atom stereocenters. The number of nitrogens with zero attached hydrogens (tertiary/aromatic N) is 1. The Kier molecular flexibility index (Phi) is 4.39. The van der Waals surface area contributed by atoms with E-state index < -0.39 is 15.4 Å². The molecule has 0 N–H and O–H groups in total. The largest absolute Gasteiger partial charge is 0.298 e. The highest BCUT2D eigenvalue weighted by molar-refractivity contribution is 7.89. The van der Waals surface area contributed by atoms with Crippen LogP contribution in [0.4, 0.5) is 0 Å². The molecule has 0 unspecified atom stereocenters. The normalized spacial score (nSPS) is 34.1. The Morgan fingerprint density at radius 3 is 2.56 bits per heavy atom. The molecule has 0 aromatic heterocycles. The van der Waals surface area contributed by atoms with Crippen LogP contribution in [-0.4, -0.2) is 31.6 Å². The van der Waals surface area contributed by atoms with Crippen molar-refractivity contribution in [3.63, 3.8) is 0 Å². The maximum atomic E-state index is 13.4. The monoisotopic (exact) mass is 387 g/mol. The summed E-state index contributed by atoms with van der Waals surface area (Å²) in [6.45, 7) is 8.93. The van der Waals surface area contributed by atoms with Crippen LogP contribution in [0.1, 0.15) is 51.0 Å². The van der Waals surface area contributed by atoms with Crippen LogP contribution in [0.15, 0.2) is 41.3 Å². The fourth-order valence-corrected chi connectivity index (χ4v) is 7.33. The first-order valence-corrected chi connectivity index (χ1v) is 11.4. The summed E-state index contributed by atoms with van der Waals surface area (Å²) in [5.41, 5.74) is 1.20. The van der Waals surface area contributed by atoms with Gasteiger partial charge in [0.2, 0.25) is 10.0 Å². The molecule has 2 saturated carbocycles. The third kappa shape index (κ3) is 2.73. The smallest absolute Gasteiger partial charge is 0.243 e. The molecule has 5 heteroatoms. The van der Waals surface area contributed by atoms with E-state index in [1.54, 1.807) is 16.4 Å². The number of rotatable bonds is 3. The Morgan fingerprint density at radius 2 is 1.89 bits per heavy atom. The Balaban J connectivity index is 1.76. The lowest BCUT2D eigenvalue weighted by molar-refractivity contribution is -0.130. The predicted molar refractivity (Wildman–Crippen MR) is 106 cm³/mol. The van der Waals surface area contributed by atoms with Crippen molar-refractivity contribution in [2.24, 2.45) is 16.7 Å². The predicted octanol–water partition coefficient (Wildman–Crippen LogP) is 4.10. The molecule has 4 rings (SSSR count). The van der Waals surface area contributed by atoms with Gasteiger partial charge in [0.05, 0.1) is 10.3 Å². The molecule has 2 aliphatic carbocycles. The average molecular weight is 388 g/mol. The molecule has 3 fully saturated rings. The number of allylic oxidation sites excluding steroid dienone is 1. The lowest BCUT2D eigenvalue weighted by Gasteiger charge is -2.41. The molecule has 27 heavy (non-hydrogen) atoms. The second-order valence-corrected chi connectivity index (χ2v) is 10.9. The van der Waals surface area contributed by atoms with E-state index in [1.165, 1.54) is 0 Å². The number of fused-ring (bicyclic) bond motifs is 1. The summed E-state index contributed by atoms with van der Waals surface area (Å²) in [4.78, 5) is 13.7. The van der Waals surface area contributed by atoms with E-state index in [9.17, 15) is 13.2 Å². The third-order valence-electron chi connectivity index (χ3n) is 7.35. The van der Waals surface area contributed by atoms with Crippen molar-refractivity contribution in [2.45, 2.75) is 57.3 Å². The van der Waals surface area contributed by atoms with Crippen molar-refractivity contribution in [3.05, 3.63) is 42.0 Å². The van der Waals surface area contributed by atoms with E-state index >= 15 is 0 Å². The number of aryl methyl sites for hydroxylation is 1. The third-order valence-corrected chi connectivity index (χ3v) is 9.21. The van der Waals surface area contributed by atoms with Crippen molar-refractivity contribution in [2.75, 3.05) is 13.1 Å². The maximum Gasteiger partial charge on any atom is 0.243 e. The first kappa shape index (κ1) is 18.9. The fraction of sp³-hybridized carbons (Fsp3) is 0.591. The standard InChI is InChI=1S/C22H29NO3S/c1-16(2)22-12-13-23(27(25,26)18-9-7-17(3)8-10-18)15-21(14-22)11-5-4-6-19(21)20(22)24/h7-10,19H,1,4-6,11-15H2,2-3H3/t19-,21-,22+/m0/s1. The minimum atomic E-state index is -3.56. The maximum absolute atomic E-state index is 13.4. The van der Waals surface area contributed by atoms with Crippen LogP contribution in [-0.2, 0) is 14.8 Å². The molecule has 1 aromatic carbocycles. The number of hydrogen-bond donors (Lipinski definition) is 0. The highest BCUT2D eigenvalue weighted by Gasteiger charge is 2.63. The number of sulfonamides is 1. The van der Waals surface area contributed by atoms with E-state index in [2.05, 4.69) is 6.58 Å². The molecule has 1 saturated heterocycles. The summed E-state index contributed by atoms with van der Waals surface area (Å²) in [6.07, 6.45) is 5.32. The van der Waals surface area contributed by atoms with Gasteiger partial charge >= 0.3 is 0 Å². The fourth-order valence-electron chi connectivity index (χ4n) is 5.79. The van der Waals surface area contributed by atoms with Crippen molar-refractivity contribution in [1.29, 1.82) is 0 Å². The molecule has 1 aliphatic heterocycles. The zero-order chi connectivity index (χ0) is 19.4. The zero-order valence-electron chi connectivity index (χ0n) is 16.3. The minimum absolute atomic E-state index is 0.0148. The van der Waals surface area contributed by atoms with E-state index in [0.29, 0.717) is 30.2 Å². The van der Waals surface area contributed by atoms with Gasteiger partial charge in [-0.25, -0.2) is 8.42 Å². The molecule has 1 aromatic rings. The summed E-state index contributed by atoms with van der Waals surface area (Å²) >= 11 is 0. The molecule has 0 radical (unpaired) electrons. The van der Waals surface area contributed by atoms with Gasteiger partial charge in [0.25, 0.3) is 0 Å². The van der Waals surface area contributed by atoms with Gasteiger partial charge in [0, 0.05) is 19.0 Å². The highest BCUT2D eigenvalue weighted by Crippen LogP contribution is 2.62. The van der Waals surface area contributed by atoms with Gasteiger partial charge in [0.1, 0.15) is 5.78 Å². The molecule has 1 heterocycles. The van der Waals surface area contributed by atoms with E-state index in [4.69, 9.17) is 0 Å². The summed E-state index contributed by atoms with van der Waals surface area (Å²) < 4.78 is 28.4. The Labute approximate surface area is 162 Å². The highest BCUT2D eigenvalue weighted by atomic mass is 32.2. The van der Waals surface area contributed by atoms with Crippen LogP contribution in [0.3, 0.4) is 0 Å². The first-order valence-electron chi connectivity index (χ1n) is 9.98. The van der Waals surface area contributed by atoms with Crippen LogP contribution in [0.5, 0.6) is 0 Å². The zero-order valence-corrected chi connectivity index (χ0v) is 17.1.